The zero-order chi connectivity index (χ0) is 22.4. The molecule has 3 aliphatic rings. The summed E-state index contributed by atoms with van der Waals surface area (Å²) in [6.07, 6.45) is 12.9. The molecule has 3 rings (SSSR count). The first kappa shape index (κ1) is 23.3. The van der Waals surface area contributed by atoms with Crippen molar-refractivity contribution in [1.82, 2.24) is 15.5 Å². The Kier molecular flexibility index (Phi) is 7.75. The normalized spacial score (nSPS) is 21.2. The van der Waals surface area contributed by atoms with Gasteiger partial charge in [0.05, 0.1) is 18.2 Å². The number of hydrogen-bond acceptors (Lipinski definition) is 6. The highest BCUT2D eigenvalue weighted by atomic mass is 16.5. The molecular weight excluding hydrogens is 396 g/mol. The maximum absolute atomic E-state index is 13.1. The van der Waals surface area contributed by atoms with Crippen molar-refractivity contribution in [3.63, 3.8) is 0 Å². The molecule has 0 bridgehead atoms. The van der Waals surface area contributed by atoms with Gasteiger partial charge in [0.2, 0.25) is 5.91 Å². The Morgan fingerprint density at radius 3 is 2.65 bits per heavy atom. The van der Waals surface area contributed by atoms with Crippen molar-refractivity contribution < 1.29 is 19.4 Å². The van der Waals surface area contributed by atoms with Gasteiger partial charge < -0.3 is 25.4 Å². The minimum Gasteiger partial charge on any atom is -0.493 e. The molecule has 0 spiro atoms. The van der Waals surface area contributed by atoms with E-state index in [0.717, 1.165) is 44.9 Å². The molecule has 1 aliphatic heterocycles. The third kappa shape index (κ3) is 7.09. The molecule has 0 aromatic rings. The van der Waals surface area contributed by atoms with Crippen LogP contribution in [0.2, 0.25) is 0 Å². The minimum atomic E-state index is -0.871. The number of rotatable bonds is 10. The Balaban J connectivity index is 1.58. The molecule has 2 fully saturated rings. The van der Waals surface area contributed by atoms with E-state index in [-0.39, 0.29) is 23.8 Å². The summed E-state index contributed by atoms with van der Waals surface area (Å²) in [5.41, 5.74) is -0.871. The topological polar surface area (TPSA) is 115 Å². The van der Waals surface area contributed by atoms with Gasteiger partial charge in [0.1, 0.15) is 17.6 Å². The molecule has 1 atom stereocenters. The Morgan fingerprint density at radius 2 is 2.03 bits per heavy atom. The number of aliphatic hydroxyl groups is 1. The van der Waals surface area contributed by atoms with Crippen LogP contribution in [-0.2, 0) is 14.3 Å². The van der Waals surface area contributed by atoms with Crippen LogP contribution < -0.4 is 10.6 Å². The molecule has 0 aromatic carbocycles. The van der Waals surface area contributed by atoms with E-state index in [1.807, 2.05) is 0 Å². The molecule has 0 aromatic heterocycles. The highest BCUT2D eigenvalue weighted by Crippen LogP contribution is 2.32. The number of nitrogens with one attached hydrogen (secondary N) is 3. The van der Waals surface area contributed by atoms with Gasteiger partial charge >= 0.3 is 0 Å². The van der Waals surface area contributed by atoms with Crippen LogP contribution in [0.15, 0.2) is 24.1 Å². The monoisotopic (exact) mass is 432 g/mol. The average Bonchev–Trinajstić information content (AvgIpc) is 3.28. The van der Waals surface area contributed by atoms with E-state index in [4.69, 9.17) is 10.1 Å². The van der Waals surface area contributed by atoms with E-state index >= 15 is 0 Å². The second kappa shape index (κ2) is 10.3. The third-order valence-electron chi connectivity index (χ3n) is 6.13. The Bertz CT molecular complexity index is 730. The van der Waals surface area contributed by atoms with E-state index in [1.165, 1.54) is 18.4 Å². The summed E-state index contributed by atoms with van der Waals surface area (Å²) in [4.78, 5) is 27.3. The highest BCUT2D eigenvalue weighted by molar-refractivity contribution is 6.05. The van der Waals surface area contributed by atoms with Crippen LogP contribution in [0.1, 0.15) is 65.2 Å². The number of amidine groups is 1. The summed E-state index contributed by atoms with van der Waals surface area (Å²) in [5, 5.41) is 23.3. The first-order valence-corrected chi connectivity index (χ1v) is 11.4. The molecule has 172 valence electrons. The zero-order valence-electron chi connectivity index (χ0n) is 18.7. The van der Waals surface area contributed by atoms with Crippen molar-refractivity contribution in [2.75, 3.05) is 13.1 Å². The summed E-state index contributed by atoms with van der Waals surface area (Å²) in [5.74, 6) is 0.468. The first-order valence-electron chi connectivity index (χ1n) is 11.4. The lowest BCUT2D eigenvalue weighted by Crippen LogP contribution is -2.50. The van der Waals surface area contributed by atoms with Gasteiger partial charge in [-0.15, -0.1) is 0 Å². The molecule has 31 heavy (non-hydrogen) atoms. The quantitative estimate of drug-likeness (QED) is 0.312. The Hall–Kier alpha value is -2.35. The number of amides is 2. The van der Waals surface area contributed by atoms with E-state index in [0.29, 0.717) is 31.2 Å². The van der Waals surface area contributed by atoms with Crippen molar-refractivity contribution in [3.05, 3.63) is 24.1 Å². The number of hydrogen-bond donors (Lipinski definition) is 4. The van der Waals surface area contributed by atoms with Gasteiger partial charge in [-0.05, 0) is 51.5 Å². The van der Waals surface area contributed by atoms with E-state index < -0.39 is 11.6 Å². The molecule has 4 N–H and O–H groups in total. The van der Waals surface area contributed by atoms with Crippen molar-refractivity contribution in [2.45, 2.75) is 83.0 Å². The van der Waals surface area contributed by atoms with Gasteiger partial charge in [-0.3, -0.25) is 15.0 Å². The standard InChI is InChI=1S/C23H36N4O4/c1-23(2,30)15-25-11-10-20(24)26-22(29)19(12-16-6-3-4-7-16)27-14-18(13-21(27)28)31-17-8-5-9-17/h10-11,13,16-17,19,25,30H,3-9,12,14-15H2,1-2H3,(H2,24,26,29)/b11-10-/t19-/m0/s1. The van der Waals surface area contributed by atoms with Crippen LogP contribution in [0.3, 0.4) is 0 Å². The smallest absolute Gasteiger partial charge is 0.251 e. The predicted octanol–water partition coefficient (Wildman–Crippen LogP) is 2.20. The van der Waals surface area contributed by atoms with Gasteiger partial charge in [0, 0.05) is 18.8 Å². The summed E-state index contributed by atoms with van der Waals surface area (Å²) < 4.78 is 5.91. The molecule has 1 heterocycles. The van der Waals surface area contributed by atoms with E-state index in [9.17, 15) is 14.7 Å². The fourth-order valence-corrected chi connectivity index (χ4v) is 4.20. The molecule has 0 unspecified atom stereocenters. The van der Waals surface area contributed by atoms with Crippen molar-refractivity contribution in [1.29, 1.82) is 5.41 Å². The molecule has 2 saturated carbocycles. The maximum atomic E-state index is 13.1. The second-order valence-corrected chi connectivity index (χ2v) is 9.58. The number of carbonyl (C=O) groups is 2. The lowest BCUT2D eigenvalue weighted by Gasteiger charge is -2.30. The van der Waals surface area contributed by atoms with Crippen LogP contribution in [-0.4, -0.2) is 58.5 Å². The maximum Gasteiger partial charge on any atom is 0.251 e. The summed E-state index contributed by atoms with van der Waals surface area (Å²) in [7, 11) is 0. The van der Waals surface area contributed by atoms with Gasteiger partial charge in [-0.1, -0.05) is 25.7 Å². The predicted molar refractivity (Wildman–Crippen MR) is 118 cm³/mol. The summed E-state index contributed by atoms with van der Waals surface area (Å²) in [6.45, 7) is 4.00. The second-order valence-electron chi connectivity index (χ2n) is 9.58. The van der Waals surface area contributed by atoms with E-state index in [2.05, 4.69) is 10.6 Å². The number of carbonyl (C=O) groups excluding carboxylic acids is 2. The molecule has 0 radical (unpaired) electrons. The number of nitrogens with zero attached hydrogens (tertiary/aromatic N) is 1. The lowest BCUT2D eigenvalue weighted by molar-refractivity contribution is -0.135. The molecule has 2 amide bonds. The van der Waals surface area contributed by atoms with Crippen LogP contribution in [0.4, 0.5) is 0 Å². The van der Waals surface area contributed by atoms with Crippen molar-refractivity contribution in [3.8, 4) is 0 Å². The third-order valence-corrected chi connectivity index (χ3v) is 6.13. The largest absolute Gasteiger partial charge is 0.493 e. The Morgan fingerprint density at radius 1 is 1.32 bits per heavy atom. The van der Waals surface area contributed by atoms with E-state index in [1.54, 1.807) is 18.7 Å². The van der Waals surface area contributed by atoms with Crippen LogP contribution >= 0.6 is 0 Å². The highest BCUT2D eigenvalue weighted by Gasteiger charge is 2.37. The first-order chi connectivity index (χ1) is 14.7. The lowest BCUT2D eigenvalue weighted by atomic mass is 9.96. The fraction of sp³-hybridized carbons (Fsp3) is 0.696. The Labute approximate surface area is 184 Å². The molecule has 0 saturated heterocycles. The van der Waals surface area contributed by atoms with Crippen molar-refractivity contribution >= 4 is 17.6 Å². The van der Waals surface area contributed by atoms with Gasteiger partial charge in [-0.2, -0.15) is 0 Å². The molecule has 8 heteroatoms. The SMILES string of the molecule is CC(C)(O)CN/C=C\C(=N)NC(=O)[C@H](CC1CCCC1)N1CC(OC2CCC2)=CC1=O. The number of ether oxygens (including phenoxy) is 1. The molecule has 2 aliphatic carbocycles. The summed E-state index contributed by atoms with van der Waals surface area (Å²) in [6, 6.07) is -0.618. The summed E-state index contributed by atoms with van der Waals surface area (Å²) >= 11 is 0. The van der Waals surface area contributed by atoms with Crippen LogP contribution in [0, 0.1) is 11.3 Å². The van der Waals surface area contributed by atoms with Gasteiger partial charge in [-0.25, -0.2) is 0 Å². The minimum absolute atomic E-state index is 0.0600. The van der Waals surface area contributed by atoms with Crippen molar-refractivity contribution in [2.24, 2.45) is 5.92 Å². The van der Waals surface area contributed by atoms with Gasteiger partial charge in [0.15, 0.2) is 0 Å². The molecule has 8 nitrogen and oxygen atoms in total. The average molecular weight is 433 g/mol. The zero-order valence-corrected chi connectivity index (χ0v) is 18.7. The van der Waals surface area contributed by atoms with Crippen LogP contribution in [0.5, 0.6) is 0 Å². The molecular formula is C23H36N4O4. The fourth-order valence-electron chi connectivity index (χ4n) is 4.20. The van der Waals surface area contributed by atoms with Crippen LogP contribution in [0.25, 0.3) is 0 Å². The van der Waals surface area contributed by atoms with Gasteiger partial charge in [0.25, 0.3) is 5.91 Å².